The minimum absolute atomic E-state index is 0.0871. The van der Waals surface area contributed by atoms with Crippen molar-refractivity contribution in [3.63, 3.8) is 0 Å². The zero-order valence-corrected chi connectivity index (χ0v) is 9.19. The molecule has 1 aromatic rings. The Labute approximate surface area is 101 Å². The topological polar surface area (TPSA) is 83.6 Å². The van der Waals surface area contributed by atoms with Crippen molar-refractivity contribution in [2.24, 2.45) is 5.73 Å². The molecule has 4 N–H and O–H groups in total. The van der Waals surface area contributed by atoms with Crippen LogP contribution in [0.15, 0.2) is 18.2 Å². The minimum Gasteiger partial charge on any atom is -0.389 e. The zero-order chi connectivity index (χ0) is 13.9. The van der Waals surface area contributed by atoms with Gasteiger partial charge in [-0.1, -0.05) is 6.07 Å². The molecule has 0 spiro atoms. The van der Waals surface area contributed by atoms with Crippen LogP contribution in [0.2, 0.25) is 0 Å². The lowest BCUT2D eigenvalue weighted by molar-refractivity contribution is -0.137. The van der Waals surface area contributed by atoms with E-state index in [0.29, 0.717) is 6.07 Å². The van der Waals surface area contributed by atoms with Gasteiger partial charge >= 0.3 is 6.18 Å². The maximum Gasteiger partial charge on any atom is 0.416 e. The molecule has 2 unspecified atom stereocenters. The molecule has 0 fully saturated rings. The summed E-state index contributed by atoms with van der Waals surface area (Å²) in [7, 11) is 0. The Morgan fingerprint density at radius 1 is 1.33 bits per heavy atom. The van der Waals surface area contributed by atoms with Crippen LogP contribution in [-0.4, -0.2) is 29.1 Å². The van der Waals surface area contributed by atoms with Crippen LogP contribution in [0, 0.1) is 0 Å². The second-order valence-electron chi connectivity index (χ2n) is 3.71. The summed E-state index contributed by atoms with van der Waals surface area (Å²) >= 11 is 0. The fourth-order valence-electron chi connectivity index (χ4n) is 1.46. The van der Waals surface area contributed by atoms with Gasteiger partial charge in [0.15, 0.2) is 0 Å². The van der Waals surface area contributed by atoms with Gasteiger partial charge in [-0.15, -0.1) is 0 Å². The van der Waals surface area contributed by atoms with Gasteiger partial charge in [-0.25, -0.2) is 0 Å². The highest BCUT2D eigenvalue weighted by atomic mass is 19.4. The summed E-state index contributed by atoms with van der Waals surface area (Å²) in [6.07, 6.45) is -7.23. The predicted octanol–water partition coefficient (Wildman–Crippen LogP) is 0.871. The van der Waals surface area contributed by atoms with Crippen molar-refractivity contribution in [3.05, 3.63) is 34.9 Å². The first-order chi connectivity index (χ1) is 8.31. The number of aldehydes is 1. The molecular weight excluding hydrogens is 251 g/mol. The number of aliphatic hydroxyl groups is 2. The summed E-state index contributed by atoms with van der Waals surface area (Å²) in [6, 6.07) is 2.31. The summed E-state index contributed by atoms with van der Waals surface area (Å²) in [5.41, 5.74) is 3.71. The number of carbonyl (C=O) groups excluding carboxylic acids is 1. The first kappa shape index (κ1) is 14.6. The van der Waals surface area contributed by atoms with Gasteiger partial charge < -0.3 is 15.9 Å². The largest absolute Gasteiger partial charge is 0.416 e. The summed E-state index contributed by atoms with van der Waals surface area (Å²) in [4.78, 5) is 10.7. The Hall–Kier alpha value is -1.44. The third-order valence-corrected chi connectivity index (χ3v) is 2.47. The van der Waals surface area contributed by atoms with Gasteiger partial charge in [-0.05, 0) is 17.7 Å². The summed E-state index contributed by atoms with van der Waals surface area (Å²) in [5, 5.41) is 18.9. The number of benzene rings is 1. The van der Waals surface area contributed by atoms with Crippen LogP contribution >= 0.6 is 0 Å². The van der Waals surface area contributed by atoms with Gasteiger partial charge in [-0.3, -0.25) is 4.79 Å². The molecule has 7 heteroatoms. The van der Waals surface area contributed by atoms with E-state index in [1.165, 1.54) is 0 Å². The summed E-state index contributed by atoms with van der Waals surface area (Å²) in [5.74, 6) is 0. The van der Waals surface area contributed by atoms with Crippen molar-refractivity contribution in [2.75, 3.05) is 6.54 Å². The molecule has 1 aromatic carbocycles. The van der Waals surface area contributed by atoms with Crippen molar-refractivity contribution in [1.82, 2.24) is 0 Å². The number of rotatable bonds is 4. The highest BCUT2D eigenvalue weighted by Crippen LogP contribution is 2.31. The highest BCUT2D eigenvalue weighted by Gasteiger charge is 2.32. The molecule has 0 amide bonds. The van der Waals surface area contributed by atoms with Gasteiger partial charge in [0, 0.05) is 12.1 Å². The molecule has 1 rings (SSSR count). The Balaban J connectivity index is 3.20. The maximum absolute atomic E-state index is 12.4. The standard InChI is InChI=1S/C11H12F3NO3/c12-11(13,14)7-1-2-8(6(3-7)5-16)10(18)9(17)4-15/h1-3,5,9-10,17-18H,4,15H2. The van der Waals surface area contributed by atoms with Gasteiger partial charge in [-0.2, -0.15) is 13.2 Å². The molecule has 0 saturated heterocycles. The number of hydrogen-bond donors (Lipinski definition) is 3. The second-order valence-corrected chi connectivity index (χ2v) is 3.71. The van der Waals surface area contributed by atoms with E-state index in [9.17, 15) is 28.2 Å². The van der Waals surface area contributed by atoms with Crippen LogP contribution in [0.3, 0.4) is 0 Å². The van der Waals surface area contributed by atoms with Crippen molar-refractivity contribution in [1.29, 1.82) is 0 Å². The van der Waals surface area contributed by atoms with E-state index in [1.807, 2.05) is 0 Å². The van der Waals surface area contributed by atoms with Crippen LogP contribution in [0.1, 0.15) is 27.6 Å². The van der Waals surface area contributed by atoms with Gasteiger partial charge in [0.05, 0.1) is 11.7 Å². The molecule has 0 aliphatic heterocycles. The molecule has 0 aliphatic rings. The molecule has 0 heterocycles. The smallest absolute Gasteiger partial charge is 0.389 e. The Bertz CT molecular complexity index is 434. The first-order valence-corrected chi connectivity index (χ1v) is 5.03. The lowest BCUT2D eigenvalue weighted by atomic mass is 9.97. The van der Waals surface area contributed by atoms with Crippen molar-refractivity contribution in [3.8, 4) is 0 Å². The Morgan fingerprint density at radius 2 is 1.94 bits per heavy atom. The fraction of sp³-hybridized carbons (Fsp3) is 0.364. The quantitative estimate of drug-likeness (QED) is 0.704. The van der Waals surface area contributed by atoms with E-state index >= 15 is 0 Å². The number of carbonyl (C=O) groups is 1. The lowest BCUT2D eigenvalue weighted by Crippen LogP contribution is -2.28. The number of nitrogens with two attached hydrogens (primary N) is 1. The van der Waals surface area contributed by atoms with E-state index in [2.05, 4.69) is 0 Å². The van der Waals surface area contributed by atoms with E-state index < -0.39 is 23.9 Å². The van der Waals surface area contributed by atoms with E-state index in [1.54, 1.807) is 0 Å². The number of halogens is 3. The van der Waals surface area contributed by atoms with Gasteiger partial charge in [0.25, 0.3) is 0 Å². The third kappa shape index (κ3) is 3.06. The highest BCUT2D eigenvalue weighted by molar-refractivity contribution is 5.78. The zero-order valence-electron chi connectivity index (χ0n) is 9.19. The van der Waals surface area contributed by atoms with Crippen molar-refractivity contribution in [2.45, 2.75) is 18.4 Å². The fourth-order valence-corrected chi connectivity index (χ4v) is 1.46. The lowest BCUT2D eigenvalue weighted by Gasteiger charge is -2.19. The third-order valence-electron chi connectivity index (χ3n) is 2.47. The number of alkyl halides is 3. The molecule has 0 aliphatic carbocycles. The molecule has 0 aromatic heterocycles. The van der Waals surface area contributed by atoms with Crippen LogP contribution in [0.25, 0.3) is 0 Å². The first-order valence-electron chi connectivity index (χ1n) is 5.03. The van der Waals surface area contributed by atoms with Crippen molar-refractivity contribution >= 4 is 6.29 Å². The predicted molar refractivity (Wildman–Crippen MR) is 56.9 cm³/mol. The minimum atomic E-state index is -4.58. The molecule has 18 heavy (non-hydrogen) atoms. The van der Waals surface area contributed by atoms with Crippen molar-refractivity contribution < 1.29 is 28.2 Å². The van der Waals surface area contributed by atoms with Crippen LogP contribution in [-0.2, 0) is 6.18 Å². The normalized spacial score (nSPS) is 15.2. The molecule has 0 saturated carbocycles. The molecule has 2 atom stereocenters. The molecule has 0 bridgehead atoms. The summed E-state index contributed by atoms with van der Waals surface area (Å²) < 4.78 is 37.2. The molecule has 4 nitrogen and oxygen atoms in total. The molecule has 0 radical (unpaired) electrons. The maximum atomic E-state index is 12.4. The Kier molecular flexibility index (Phi) is 4.44. The monoisotopic (exact) mass is 263 g/mol. The second kappa shape index (κ2) is 5.47. The van der Waals surface area contributed by atoms with E-state index in [-0.39, 0.29) is 24.0 Å². The van der Waals surface area contributed by atoms with Gasteiger partial charge in [0.2, 0.25) is 0 Å². The molecular formula is C11H12F3NO3. The number of aliphatic hydroxyl groups excluding tert-OH is 2. The number of hydrogen-bond acceptors (Lipinski definition) is 4. The average Bonchev–Trinajstić information content (AvgIpc) is 2.35. The van der Waals surface area contributed by atoms with E-state index in [0.717, 1.165) is 12.1 Å². The van der Waals surface area contributed by atoms with Crippen LogP contribution < -0.4 is 5.73 Å². The SMILES string of the molecule is NCC(O)C(O)c1ccc(C(F)(F)F)cc1C=O. The average molecular weight is 263 g/mol. The Morgan fingerprint density at radius 3 is 2.39 bits per heavy atom. The summed E-state index contributed by atoms with van der Waals surface area (Å²) in [6.45, 7) is -0.277. The van der Waals surface area contributed by atoms with Crippen LogP contribution in [0.4, 0.5) is 13.2 Å². The van der Waals surface area contributed by atoms with Crippen LogP contribution in [0.5, 0.6) is 0 Å². The molecule has 100 valence electrons. The van der Waals surface area contributed by atoms with E-state index in [4.69, 9.17) is 5.73 Å². The van der Waals surface area contributed by atoms with Gasteiger partial charge in [0.1, 0.15) is 12.4 Å².